The fraction of sp³-hybridized carbons (Fsp3) is 0.150. The number of aromatic nitrogens is 4. The molecule has 1 aromatic carbocycles. The zero-order valence-electron chi connectivity index (χ0n) is 14.3. The van der Waals surface area contributed by atoms with Gasteiger partial charge in [-0.3, -0.25) is 4.79 Å². The Hall–Kier alpha value is -3.41. The molecule has 0 atom stereocenters. The minimum atomic E-state index is -0.851. The molecular weight excluding hydrogens is 328 g/mol. The summed E-state index contributed by atoms with van der Waals surface area (Å²) in [5.74, 6) is -0.851. The number of imidazole rings is 1. The second kappa shape index (κ2) is 6.48. The van der Waals surface area contributed by atoms with Gasteiger partial charge in [-0.1, -0.05) is 18.2 Å². The standard InChI is InChI=1S/C20H18N4O2/c1-14-6-7-17-16(10-19(25)26)12-24(20(17)22-14)18-5-3-2-4-15(18)11-23-9-8-21-13-23/h2-9,12-13H,10-11H2,1H3,(H,25,26). The fourth-order valence-corrected chi connectivity index (χ4v) is 3.21. The van der Waals surface area contributed by atoms with E-state index in [0.29, 0.717) is 6.54 Å². The van der Waals surface area contributed by atoms with E-state index < -0.39 is 5.97 Å². The number of carbonyl (C=O) groups is 1. The van der Waals surface area contributed by atoms with Crippen LogP contribution in [0.25, 0.3) is 16.7 Å². The first-order valence-corrected chi connectivity index (χ1v) is 8.35. The Balaban J connectivity index is 1.89. The Labute approximate surface area is 150 Å². The topological polar surface area (TPSA) is 72.9 Å². The van der Waals surface area contributed by atoms with Crippen LogP contribution in [0.15, 0.2) is 61.3 Å². The Morgan fingerprint density at radius 1 is 1.15 bits per heavy atom. The van der Waals surface area contributed by atoms with Crippen molar-refractivity contribution in [1.29, 1.82) is 0 Å². The Morgan fingerprint density at radius 3 is 2.77 bits per heavy atom. The van der Waals surface area contributed by atoms with Crippen LogP contribution in [0.1, 0.15) is 16.8 Å². The Kier molecular flexibility index (Phi) is 4.01. The van der Waals surface area contributed by atoms with Crippen LogP contribution in [0.3, 0.4) is 0 Å². The molecule has 1 N–H and O–H groups in total. The third-order valence-corrected chi connectivity index (χ3v) is 4.38. The van der Waals surface area contributed by atoms with Crippen LogP contribution >= 0.6 is 0 Å². The third-order valence-electron chi connectivity index (χ3n) is 4.38. The number of nitrogens with zero attached hydrogens (tertiary/aromatic N) is 4. The Bertz CT molecular complexity index is 1080. The van der Waals surface area contributed by atoms with Crippen LogP contribution in [0.5, 0.6) is 0 Å². The molecule has 130 valence electrons. The quantitative estimate of drug-likeness (QED) is 0.602. The van der Waals surface area contributed by atoms with Crippen LogP contribution in [0.2, 0.25) is 0 Å². The molecule has 0 fully saturated rings. The normalized spacial score (nSPS) is 11.1. The molecule has 26 heavy (non-hydrogen) atoms. The maximum atomic E-state index is 11.3. The summed E-state index contributed by atoms with van der Waals surface area (Å²) >= 11 is 0. The SMILES string of the molecule is Cc1ccc2c(CC(=O)O)cn(-c3ccccc3Cn3ccnc3)c2n1. The molecule has 3 aromatic heterocycles. The van der Waals surface area contributed by atoms with E-state index in [-0.39, 0.29) is 6.42 Å². The number of fused-ring (bicyclic) bond motifs is 1. The zero-order valence-corrected chi connectivity index (χ0v) is 14.3. The van der Waals surface area contributed by atoms with Crippen molar-refractivity contribution in [2.75, 3.05) is 0 Å². The van der Waals surface area contributed by atoms with Gasteiger partial charge in [-0.2, -0.15) is 0 Å². The highest BCUT2D eigenvalue weighted by molar-refractivity contribution is 5.86. The van der Waals surface area contributed by atoms with E-state index in [4.69, 9.17) is 0 Å². The summed E-state index contributed by atoms with van der Waals surface area (Å²) in [6, 6.07) is 11.9. The molecule has 0 saturated heterocycles. The third kappa shape index (κ3) is 2.97. The van der Waals surface area contributed by atoms with E-state index >= 15 is 0 Å². The van der Waals surface area contributed by atoms with Gasteiger partial charge in [-0.25, -0.2) is 9.97 Å². The van der Waals surface area contributed by atoms with Gasteiger partial charge in [0.1, 0.15) is 5.65 Å². The smallest absolute Gasteiger partial charge is 0.307 e. The first-order valence-electron chi connectivity index (χ1n) is 8.35. The summed E-state index contributed by atoms with van der Waals surface area (Å²) < 4.78 is 3.99. The number of carboxylic acid groups (broad SMARTS) is 1. The predicted octanol–water partition coefficient (Wildman–Crippen LogP) is 3.21. The van der Waals surface area contributed by atoms with Gasteiger partial charge >= 0.3 is 5.97 Å². The monoisotopic (exact) mass is 346 g/mol. The van der Waals surface area contributed by atoms with E-state index in [1.165, 1.54) is 0 Å². The molecule has 4 aromatic rings. The van der Waals surface area contributed by atoms with Crippen molar-refractivity contribution < 1.29 is 9.90 Å². The second-order valence-electron chi connectivity index (χ2n) is 6.28. The molecule has 0 saturated carbocycles. The summed E-state index contributed by atoms with van der Waals surface area (Å²) in [4.78, 5) is 20.0. The molecule has 0 spiro atoms. The molecular formula is C20H18N4O2. The number of carboxylic acids is 1. The molecule has 0 radical (unpaired) electrons. The highest BCUT2D eigenvalue weighted by Crippen LogP contribution is 2.26. The van der Waals surface area contributed by atoms with Crippen LogP contribution in [-0.2, 0) is 17.8 Å². The Morgan fingerprint density at radius 2 is 2.00 bits per heavy atom. The molecule has 0 bridgehead atoms. The average molecular weight is 346 g/mol. The number of hydrogen-bond acceptors (Lipinski definition) is 3. The lowest BCUT2D eigenvalue weighted by molar-refractivity contribution is -0.136. The van der Waals surface area contributed by atoms with Crippen molar-refractivity contribution in [3.8, 4) is 5.69 Å². The van der Waals surface area contributed by atoms with Crippen LogP contribution in [0.4, 0.5) is 0 Å². The molecule has 6 nitrogen and oxygen atoms in total. The van der Waals surface area contributed by atoms with Gasteiger partial charge in [0.25, 0.3) is 0 Å². The fourth-order valence-electron chi connectivity index (χ4n) is 3.21. The molecule has 0 aliphatic carbocycles. The van der Waals surface area contributed by atoms with Gasteiger partial charge < -0.3 is 14.2 Å². The van der Waals surface area contributed by atoms with Crippen LogP contribution in [-0.4, -0.2) is 30.2 Å². The van der Waals surface area contributed by atoms with Gasteiger partial charge in [0, 0.05) is 29.7 Å². The van der Waals surface area contributed by atoms with Crippen molar-refractivity contribution in [2.45, 2.75) is 19.9 Å². The summed E-state index contributed by atoms with van der Waals surface area (Å²) in [5.41, 5.74) is 4.52. The molecule has 0 amide bonds. The van der Waals surface area contributed by atoms with Crippen molar-refractivity contribution in [3.63, 3.8) is 0 Å². The van der Waals surface area contributed by atoms with Gasteiger partial charge in [0.05, 0.1) is 25.0 Å². The number of hydrogen-bond donors (Lipinski definition) is 1. The first-order chi connectivity index (χ1) is 12.6. The molecule has 0 aliphatic rings. The van der Waals surface area contributed by atoms with E-state index in [1.54, 1.807) is 12.5 Å². The van der Waals surface area contributed by atoms with Gasteiger partial charge in [-0.05, 0) is 36.2 Å². The predicted molar refractivity (Wildman–Crippen MR) is 98.5 cm³/mol. The number of pyridine rings is 1. The minimum Gasteiger partial charge on any atom is -0.481 e. The first kappa shape index (κ1) is 16.1. The molecule has 4 rings (SSSR count). The summed E-state index contributed by atoms with van der Waals surface area (Å²) in [5, 5.41) is 10.1. The van der Waals surface area contributed by atoms with Gasteiger partial charge in [0.2, 0.25) is 0 Å². The lowest BCUT2D eigenvalue weighted by Gasteiger charge is -2.12. The lowest BCUT2D eigenvalue weighted by atomic mass is 10.1. The zero-order chi connectivity index (χ0) is 18.1. The number of benzene rings is 1. The van der Waals surface area contributed by atoms with E-state index in [2.05, 4.69) is 16.0 Å². The van der Waals surface area contributed by atoms with Crippen molar-refractivity contribution in [1.82, 2.24) is 19.1 Å². The lowest BCUT2D eigenvalue weighted by Crippen LogP contribution is -2.04. The summed E-state index contributed by atoms with van der Waals surface area (Å²) in [6.07, 6.45) is 7.31. The maximum absolute atomic E-state index is 11.3. The summed E-state index contributed by atoms with van der Waals surface area (Å²) in [7, 11) is 0. The maximum Gasteiger partial charge on any atom is 0.307 e. The van der Waals surface area contributed by atoms with Gasteiger partial charge in [-0.15, -0.1) is 0 Å². The highest BCUT2D eigenvalue weighted by atomic mass is 16.4. The summed E-state index contributed by atoms with van der Waals surface area (Å²) in [6.45, 7) is 2.61. The van der Waals surface area contributed by atoms with Crippen molar-refractivity contribution in [3.05, 3.63) is 78.1 Å². The van der Waals surface area contributed by atoms with Crippen LogP contribution < -0.4 is 0 Å². The van der Waals surface area contributed by atoms with E-state index in [9.17, 15) is 9.90 Å². The molecule has 0 unspecified atom stereocenters. The van der Waals surface area contributed by atoms with Crippen LogP contribution in [0, 0.1) is 6.92 Å². The molecule has 6 heteroatoms. The molecule has 0 aliphatic heterocycles. The number of rotatable bonds is 5. The highest BCUT2D eigenvalue weighted by Gasteiger charge is 2.15. The average Bonchev–Trinajstić information content (AvgIpc) is 3.23. The number of para-hydroxylation sites is 1. The van der Waals surface area contributed by atoms with Gasteiger partial charge in [0.15, 0.2) is 0 Å². The van der Waals surface area contributed by atoms with Crippen molar-refractivity contribution in [2.24, 2.45) is 0 Å². The largest absolute Gasteiger partial charge is 0.481 e. The number of aliphatic carboxylic acids is 1. The van der Waals surface area contributed by atoms with Crippen molar-refractivity contribution >= 4 is 17.0 Å². The number of aryl methyl sites for hydroxylation is 1. The van der Waals surface area contributed by atoms with E-state index in [0.717, 1.165) is 33.5 Å². The molecule has 3 heterocycles. The minimum absolute atomic E-state index is 0.0298. The second-order valence-corrected chi connectivity index (χ2v) is 6.28. The van der Waals surface area contributed by atoms with E-state index in [1.807, 2.05) is 58.8 Å².